The zero-order valence-electron chi connectivity index (χ0n) is 8.21. The number of alkyl halides is 3. The first-order valence-electron chi connectivity index (χ1n) is 4.36. The standard InChI is InChI=1S/C8H13F3O4/c1-2-14-3-4-15-7(13)5-6(12)8(9,10)11/h6,12H,2-5H2,1H3/t6-/m0/s1. The van der Waals surface area contributed by atoms with Crippen molar-refractivity contribution < 1.29 is 32.5 Å². The SMILES string of the molecule is CCOCCOC(=O)C[C@H](O)C(F)(F)F. The number of rotatable bonds is 6. The number of esters is 1. The lowest BCUT2D eigenvalue weighted by Crippen LogP contribution is -2.31. The fourth-order valence-electron chi connectivity index (χ4n) is 0.691. The summed E-state index contributed by atoms with van der Waals surface area (Å²) in [5, 5.41) is 8.50. The van der Waals surface area contributed by atoms with Crippen molar-refractivity contribution in [3.05, 3.63) is 0 Å². The van der Waals surface area contributed by atoms with Crippen LogP contribution in [-0.4, -0.2) is 43.2 Å². The van der Waals surface area contributed by atoms with Gasteiger partial charge in [-0.15, -0.1) is 0 Å². The average molecular weight is 230 g/mol. The van der Waals surface area contributed by atoms with Gasteiger partial charge in [0.1, 0.15) is 6.61 Å². The van der Waals surface area contributed by atoms with Crippen molar-refractivity contribution in [2.75, 3.05) is 19.8 Å². The van der Waals surface area contributed by atoms with Gasteiger partial charge in [-0.1, -0.05) is 0 Å². The Balaban J connectivity index is 3.65. The second kappa shape index (κ2) is 6.62. The highest BCUT2D eigenvalue weighted by Gasteiger charge is 2.39. The Bertz CT molecular complexity index is 193. The van der Waals surface area contributed by atoms with Gasteiger partial charge >= 0.3 is 12.1 Å². The van der Waals surface area contributed by atoms with Crippen molar-refractivity contribution in [1.82, 2.24) is 0 Å². The zero-order chi connectivity index (χ0) is 11.9. The van der Waals surface area contributed by atoms with Crippen molar-refractivity contribution in [2.45, 2.75) is 25.6 Å². The lowest BCUT2D eigenvalue weighted by Gasteiger charge is -2.13. The molecule has 0 aliphatic carbocycles. The van der Waals surface area contributed by atoms with Crippen LogP contribution in [0.4, 0.5) is 13.2 Å². The molecule has 7 heteroatoms. The number of aliphatic hydroxyl groups is 1. The smallest absolute Gasteiger partial charge is 0.414 e. The molecule has 0 rings (SSSR count). The van der Waals surface area contributed by atoms with Crippen LogP contribution < -0.4 is 0 Å². The second-order valence-electron chi connectivity index (χ2n) is 2.68. The number of carbonyl (C=O) groups is 1. The van der Waals surface area contributed by atoms with Gasteiger partial charge in [0.25, 0.3) is 0 Å². The Morgan fingerprint density at radius 1 is 1.40 bits per heavy atom. The molecule has 1 atom stereocenters. The van der Waals surface area contributed by atoms with E-state index in [0.29, 0.717) is 6.61 Å². The van der Waals surface area contributed by atoms with Gasteiger partial charge in [-0.2, -0.15) is 13.2 Å². The largest absolute Gasteiger partial charge is 0.463 e. The first-order valence-corrected chi connectivity index (χ1v) is 4.36. The van der Waals surface area contributed by atoms with Crippen LogP contribution in [0.15, 0.2) is 0 Å². The van der Waals surface area contributed by atoms with Gasteiger partial charge in [0.15, 0.2) is 6.10 Å². The van der Waals surface area contributed by atoms with E-state index in [1.807, 2.05) is 0 Å². The highest BCUT2D eigenvalue weighted by atomic mass is 19.4. The predicted molar refractivity (Wildman–Crippen MR) is 44.1 cm³/mol. The van der Waals surface area contributed by atoms with Gasteiger partial charge in [-0.25, -0.2) is 0 Å². The first kappa shape index (κ1) is 14.2. The van der Waals surface area contributed by atoms with E-state index >= 15 is 0 Å². The Morgan fingerprint density at radius 3 is 2.47 bits per heavy atom. The molecule has 0 amide bonds. The maximum Gasteiger partial charge on any atom is 0.414 e. The van der Waals surface area contributed by atoms with E-state index in [1.54, 1.807) is 6.92 Å². The minimum atomic E-state index is -4.79. The predicted octanol–water partition coefficient (Wildman–Crippen LogP) is 0.879. The molecule has 0 aliphatic heterocycles. The summed E-state index contributed by atoms with van der Waals surface area (Å²) in [5.74, 6) is -1.10. The number of hydrogen-bond donors (Lipinski definition) is 1. The van der Waals surface area contributed by atoms with Crippen LogP contribution in [-0.2, 0) is 14.3 Å². The molecule has 0 radical (unpaired) electrons. The zero-order valence-corrected chi connectivity index (χ0v) is 8.21. The lowest BCUT2D eigenvalue weighted by molar-refractivity contribution is -0.209. The summed E-state index contributed by atoms with van der Waals surface area (Å²) in [6.07, 6.45) is -8.55. The summed E-state index contributed by atoms with van der Waals surface area (Å²) < 4.78 is 44.5. The molecule has 0 aliphatic rings. The summed E-state index contributed by atoms with van der Waals surface area (Å²) in [4.78, 5) is 10.7. The molecule has 0 unspecified atom stereocenters. The van der Waals surface area contributed by atoms with Gasteiger partial charge in [0, 0.05) is 6.61 Å². The summed E-state index contributed by atoms with van der Waals surface area (Å²) in [6, 6.07) is 0. The summed E-state index contributed by atoms with van der Waals surface area (Å²) in [6.45, 7) is 2.18. The van der Waals surface area contributed by atoms with Gasteiger partial charge in [0.2, 0.25) is 0 Å². The minimum absolute atomic E-state index is 0.114. The number of ether oxygens (including phenoxy) is 2. The van der Waals surface area contributed by atoms with E-state index in [2.05, 4.69) is 4.74 Å². The van der Waals surface area contributed by atoms with Crippen molar-refractivity contribution in [3.8, 4) is 0 Å². The molecule has 0 aromatic carbocycles. The molecule has 4 nitrogen and oxygen atoms in total. The van der Waals surface area contributed by atoms with E-state index in [4.69, 9.17) is 9.84 Å². The summed E-state index contributed by atoms with van der Waals surface area (Å²) >= 11 is 0. The fourth-order valence-corrected chi connectivity index (χ4v) is 0.691. The third kappa shape index (κ3) is 7.15. The van der Waals surface area contributed by atoms with Crippen LogP contribution in [0.2, 0.25) is 0 Å². The Labute approximate surface area is 85.0 Å². The number of carbonyl (C=O) groups excluding carboxylic acids is 1. The van der Waals surface area contributed by atoms with Crippen LogP contribution >= 0.6 is 0 Å². The molecule has 90 valence electrons. The Kier molecular flexibility index (Phi) is 6.26. The molecule has 0 saturated carbocycles. The third-order valence-electron chi connectivity index (χ3n) is 1.43. The molecule has 0 fully saturated rings. The maximum absolute atomic E-state index is 11.8. The first-order chi connectivity index (χ1) is 6.88. The number of aliphatic hydroxyl groups excluding tert-OH is 1. The highest BCUT2D eigenvalue weighted by Crippen LogP contribution is 2.22. The van der Waals surface area contributed by atoms with E-state index < -0.39 is 24.7 Å². The van der Waals surface area contributed by atoms with Gasteiger partial charge < -0.3 is 14.6 Å². The van der Waals surface area contributed by atoms with Crippen molar-refractivity contribution in [1.29, 1.82) is 0 Å². The van der Waals surface area contributed by atoms with Gasteiger partial charge in [-0.05, 0) is 6.92 Å². The van der Waals surface area contributed by atoms with Crippen LogP contribution in [0.1, 0.15) is 13.3 Å². The highest BCUT2D eigenvalue weighted by molar-refractivity contribution is 5.70. The van der Waals surface area contributed by atoms with Crippen molar-refractivity contribution >= 4 is 5.97 Å². The van der Waals surface area contributed by atoms with Crippen LogP contribution in [0.5, 0.6) is 0 Å². The molecular weight excluding hydrogens is 217 g/mol. The summed E-state index contributed by atoms with van der Waals surface area (Å²) in [7, 11) is 0. The molecular formula is C8H13F3O4. The topological polar surface area (TPSA) is 55.8 Å². The third-order valence-corrected chi connectivity index (χ3v) is 1.43. The molecule has 0 bridgehead atoms. The van der Waals surface area contributed by atoms with Crippen LogP contribution in [0.3, 0.4) is 0 Å². The van der Waals surface area contributed by atoms with E-state index in [0.717, 1.165) is 0 Å². The van der Waals surface area contributed by atoms with Gasteiger partial charge in [0.05, 0.1) is 13.0 Å². The molecule has 0 heterocycles. The van der Waals surface area contributed by atoms with Crippen molar-refractivity contribution in [3.63, 3.8) is 0 Å². The maximum atomic E-state index is 11.8. The van der Waals surface area contributed by atoms with E-state index in [1.165, 1.54) is 0 Å². The van der Waals surface area contributed by atoms with E-state index in [-0.39, 0.29) is 13.2 Å². The molecule has 0 aromatic heterocycles. The van der Waals surface area contributed by atoms with Crippen molar-refractivity contribution in [2.24, 2.45) is 0 Å². The Hall–Kier alpha value is -0.820. The van der Waals surface area contributed by atoms with Crippen LogP contribution in [0.25, 0.3) is 0 Å². The quantitative estimate of drug-likeness (QED) is 0.543. The minimum Gasteiger partial charge on any atom is -0.463 e. The molecule has 0 spiro atoms. The molecule has 15 heavy (non-hydrogen) atoms. The second-order valence-corrected chi connectivity index (χ2v) is 2.68. The van der Waals surface area contributed by atoms with Crippen LogP contribution in [0, 0.1) is 0 Å². The summed E-state index contributed by atoms with van der Waals surface area (Å²) in [5.41, 5.74) is 0. The van der Waals surface area contributed by atoms with Gasteiger partial charge in [-0.3, -0.25) is 4.79 Å². The fraction of sp³-hybridized carbons (Fsp3) is 0.875. The number of halogens is 3. The lowest BCUT2D eigenvalue weighted by atomic mass is 10.2. The monoisotopic (exact) mass is 230 g/mol. The molecule has 0 aromatic rings. The molecule has 1 N–H and O–H groups in total. The Morgan fingerprint density at radius 2 is 2.00 bits per heavy atom. The molecule has 0 saturated heterocycles. The normalized spacial score (nSPS) is 13.7. The average Bonchev–Trinajstić information content (AvgIpc) is 2.11. The number of hydrogen-bond acceptors (Lipinski definition) is 4. The van der Waals surface area contributed by atoms with E-state index in [9.17, 15) is 18.0 Å².